The molecule has 1 aliphatic rings. The Bertz CT molecular complexity index is 668. The first-order valence-electron chi connectivity index (χ1n) is 7.22. The number of carbonyl (C=O) groups is 1. The van der Waals surface area contributed by atoms with Gasteiger partial charge in [0.2, 0.25) is 15.9 Å². The largest absolute Gasteiger partial charge is 0.402 e. The van der Waals surface area contributed by atoms with Crippen molar-refractivity contribution in [2.24, 2.45) is 5.92 Å². The van der Waals surface area contributed by atoms with Crippen molar-refractivity contribution < 1.29 is 31.1 Å². The van der Waals surface area contributed by atoms with Crippen LogP contribution in [-0.4, -0.2) is 40.3 Å². The average Bonchev–Trinajstić information content (AvgIpc) is 2.54. The fraction of sp³-hybridized carbons (Fsp3) is 0.500. The Morgan fingerprint density at radius 1 is 1.17 bits per heavy atom. The van der Waals surface area contributed by atoms with E-state index in [4.69, 9.17) is 4.74 Å². The molecule has 0 radical (unpaired) electrons. The van der Waals surface area contributed by atoms with Gasteiger partial charge in [-0.25, -0.2) is 13.1 Å². The maximum Gasteiger partial charge on any atom is 0.402 e. The van der Waals surface area contributed by atoms with Crippen molar-refractivity contribution in [1.29, 1.82) is 0 Å². The van der Waals surface area contributed by atoms with E-state index >= 15 is 0 Å². The molecule has 1 saturated heterocycles. The number of carbonyl (C=O) groups excluding carboxylic acids is 1. The summed E-state index contributed by atoms with van der Waals surface area (Å²) in [6, 6.07) is 4.94. The molecule has 0 unspecified atom stereocenters. The smallest absolute Gasteiger partial charge is 0.381 e. The van der Waals surface area contributed by atoms with Gasteiger partial charge in [0.25, 0.3) is 0 Å². The fourth-order valence-electron chi connectivity index (χ4n) is 2.18. The van der Waals surface area contributed by atoms with Crippen molar-refractivity contribution in [1.82, 2.24) is 4.72 Å². The second-order valence-corrected chi connectivity index (χ2v) is 7.11. The molecule has 24 heavy (non-hydrogen) atoms. The summed E-state index contributed by atoms with van der Waals surface area (Å²) in [5.41, 5.74) is 0.376. The molecule has 0 aliphatic carbocycles. The molecule has 0 aromatic heterocycles. The quantitative estimate of drug-likeness (QED) is 0.834. The van der Waals surface area contributed by atoms with Crippen LogP contribution >= 0.6 is 0 Å². The van der Waals surface area contributed by atoms with Gasteiger partial charge in [-0.3, -0.25) is 4.79 Å². The van der Waals surface area contributed by atoms with Crippen LogP contribution in [0.5, 0.6) is 0 Å². The predicted octanol–water partition coefficient (Wildman–Crippen LogP) is 1.89. The zero-order valence-electron chi connectivity index (χ0n) is 12.6. The van der Waals surface area contributed by atoms with Gasteiger partial charge in [0.05, 0.1) is 4.90 Å². The Balaban J connectivity index is 1.98. The number of halogens is 3. The molecule has 134 valence electrons. The Hall–Kier alpha value is -1.65. The van der Waals surface area contributed by atoms with Gasteiger partial charge >= 0.3 is 6.18 Å². The summed E-state index contributed by atoms with van der Waals surface area (Å²) >= 11 is 0. The van der Waals surface area contributed by atoms with Crippen LogP contribution in [0, 0.1) is 5.92 Å². The highest BCUT2D eigenvalue weighted by Gasteiger charge is 2.30. The van der Waals surface area contributed by atoms with E-state index in [1.807, 2.05) is 0 Å². The molecule has 1 amide bonds. The SMILES string of the molecule is O=C(Nc1ccc(S(=O)(=O)NCC(F)(F)F)cc1)C1CCOCC1. The fourth-order valence-corrected chi connectivity index (χ4v) is 3.20. The monoisotopic (exact) mass is 366 g/mol. The van der Waals surface area contributed by atoms with Crippen LogP contribution in [-0.2, 0) is 19.6 Å². The van der Waals surface area contributed by atoms with E-state index in [1.165, 1.54) is 16.9 Å². The standard InChI is InChI=1S/C14H17F3N2O4S/c15-14(16,17)9-18-24(21,22)12-3-1-11(2-4-12)19-13(20)10-5-7-23-8-6-10/h1-4,10,18H,5-9H2,(H,19,20). The number of hydrogen-bond donors (Lipinski definition) is 2. The van der Waals surface area contributed by atoms with E-state index in [0.717, 1.165) is 12.1 Å². The molecule has 0 atom stereocenters. The van der Waals surface area contributed by atoms with Gasteiger partial charge in [0.1, 0.15) is 6.54 Å². The number of ether oxygens (including phenoxy) is 1. The average molecular weight is 366 g/mol. The lowest BCUT2D eigenvalue weighted by Crippen LogP contribution is -2.33. The molecule has 2 N–H and O–H groups in total. The van der Waals surface area contributed by atoms with Gasteiger partial charge in [0.15, 0.2) is 0 Å². The van der Waals surface area contributed by atoms with Crippen LogP contribution in [0.25, 0.3) is 0 Å². The van der Waals surface area contributed by atoms with Gasteiger partial charge in [-0.05, 0) is 37.1 Å². The van der Waals surface area contributed by atoms with E-state index in [2.05, 4.69) is 5.32 Å². The number of rotatable bonds is 5. The minimum Gasteiger partial charge on any atom is -0.381 e. The molecule has 1 aromatic carbocycles. The van der Waals surface area contributed by atoms with Gasteiger partial charge in [-0.2, -0.15) is 13.2 Å². The Morgan fingerprint density at radius 2 is 1.75 bits per heavy atom. The minimum absolute atomic E-state index is 0.171. The number of benzene rings is 1. The summed E-state index contributed by atoms with van der Waals surface area (Å²) in [5.74, 6) is -0.361. The van der Waals surface area contributed by atoms with Crippen molar-refractivity contribution in [2.45, 2.75) is 23.9 Å². The number of alkyl halides is 3. The van der Waals surface area contributed by atoms with Crippen LogP contribution in [0.15, 0.2) is 29.2 Å². The second kappa shape index (κ2) is 7.49. The molecule has 2 rings (SSSR count). The van der Waals surface area contributed by atoms with Gasteiger partial charge in [0, 0.05) is 24.8 Å². The van der Waals surface area contributed by atoms with Crippen LogP contribution < -0.4 is 10.0 Å². The molecule has 1 heterocycles. The molecule has 1 aliphatic heterocycles. The number of hydrogen-bond acceptors (Lipinski definition) is 4. The van der Waals surface area contributed by atoms with Crippen LogP contribution in [0.3, 0.4) is 0 Å². The van der Waals surface area contributed by atoms with Crippen molar-refractivity contribution in [3.63, 3.8) is 0 Å². The lowest BCUT2D eigenvalue weighted by Gasteiger charge is -2.21. The number of sulfonamides is 1. The maximum atomic E-state index is 12.1. The molecule has 0 bridgehead atoms. The normalized spacial score (nSPS) is 16.8. The molecular formula is C14H17F3N2O4S. The third-order valence-corrected chi connectivity index (χ3v) is 4.90. The predicted molar refractivity (Wildman–Crippen MR) is 79.9 cm³/mol. The molecular weight excluding hydrogens is 349 g/mol. The van der Waals surface area contributed by atoms with Crippen molar-refractivity contribution >= 4 is 21.6 Å². The van der Waals surface area contributed by atoms with E-state index in [9.17, 15) is 26.4 Å². The topological polar surface area (TPSA) is 84.5 Å². The van der Waals surface area contributed by atoms with Gasteiger partial charge < -0.3 is 10.1 Å². The number of amides is 1. The highest BCUT2D eigenvalue weighted by molar-refractivity contribution is 7.89. The Labute approximate surface area is 137 Å². The lowest BCUT2D eigenvalue weighted by atomic mass is 9.99. The summed E-state index contributed by atoms with van der Waals surface area (Å²) < 4.78 is 66.4. The lowest BCUT2D eigenvalue weighted by molar-refractivity contribution is -0.123. The van der Waals surface area contributed by atoms with E-state index in [0.29, 0.717) is 31.7 Å². The van der Waals surface area contributed by atoms with E-state index in [-0.39, 0.29) is 16.7 Å². The summed E-state index contributed by atoms with van der Waals surface area (Å²) in [5, 5.41) is 2.66. The van der Waals surface area contributed by atoms with E-state index in [1.54, 1.807) is 0 Å². The first kappa shape index (κ1) is 18.7. The minimum atomic E-state index is -4.63. The van der Waals surface area contributed by atoms with Crippen LogP contribution in [0.4, 0.5) is 18.9 Å². The van der Waals surface area contributed by atoms with Crippen LogP contribution in [0.1, 0.15) is 12.8 Å². The molecule has 6 nitrogen and oxygen atoms in total. The highest BCUT2D eigenvalue weighted by Crippen LogP contribution is 2.20. The summed E-state index contributed by atoms with van der Waals surface area (Å²) in [6.45, 7) is -0.613. The molecule has 0 spiro atoms. The maximum absolute atomic E-state index is 12.1. The number of anilines is 1. The van der Waals surface area contributed by atoms with E-state index < -0.39 is 22.7 Å². The van der Waals surface area contributed by atoms with Gasteiger partial charge in [-0.1, -0.05) is 0 Å². The second-order valence-electron chi connectivity index (χ2n) is 5.34. The molecule has 1 aromatic rings. The number of nitrogens with one attached hydrogen (secondary N) is 2. The molecule has 1 fully saturated rings. The summed E-state index contributed by atoms with van der Waals surface area (Å²) in [6.07, 6.45) is -3.41. The Kier molecular flexibility index (Phi) is 5.83. The van der Waals surface area contributed by atoms with Crippen molar-refractivity contribution in [2.75, 3.05) is 25.1 Å². The third-order valence-electron chi connectivity index (χ3n) is 3.49. The summed E-state index contributed by atoms with van der Waals surface area (Å²) in [7, 11) is -4.26. The summed E-state index contributed by atoms with van der Waals surface area (Å²) in [4.78, 5) is 11.7. The van der Waals surface area contributed by atoms with Crippen molar-refractivity contribution in [3.05, 3.63) is 24.3 Å². The van der Waals surface area contributed by atoms with Crippen LogP contribution in [0.2, 0.25) is 0 Å². The third kappa shape index (κ3) is 5.46. The Morgan fingerprint density at radius 3 is 2.29 bits per heavy atom. The van der Waals surface area contributed by atoms with Gasteiger partial charge in [-0.15, -0.1) is 0 Å². The van der Waals surface area contributed by atoms with Crippen molar-refractivity contribution in [3.8, 4) is 0 Å². The zero-order chi connectivity index (χ0) is 17.8. The molecule has 10 heteroatoms. The molecule has 0 saturated carbocycles. The highest BCUT2D eigenvalue weighted by atomic mass is 32.2. The first-order chi connectivity index (χ1) is 11.2. The zero-order valence-corrected chi connectivity index (χ0v) is 13.4. The first-order valence-corrected chi connectivity index (χ1v) is 8.71.